The molecule has 2 nitrogen and oxygen atoms in total. The Balaban J connectivity index is 3.07. The Morgan fingerprint density at radius 1 is 1.46 bits per heavy atom. The molecule has 1 aromatic rings. The maximum absolute atomic E-state index is 13.2. The molecule has 0 saturated heterocycles. The Morgan fingerprint density at radius 3 is 2.69 bits per heavy atom. The summed E-state index contributed by atoms with van der Waals surface area (Å²) in [6, 6.07) is 4.53. The van der Waals surface area contributed by atoms with Crippen molar-refractivity contribution in [3.05, 3.63) is 35.1 Å². The van der Waals surface area contributed by atoms with Gasteiger partial charge in [-0.1, -0.05) is 12.1 Å². The Kier molecular flexibility index (Phi) is 3.14. The van der Waals surface area contributed by atoms with Gasteiger partial charge in [-0.05, 0) is 20.2 Å². The van der Waals surface area contributed by atoms with Crippen LogP contribution in [0.25, 0.3) is 0 Å². The molecule has 13 heavy (non-hydrogen) atoms. The molecule has 0 aliphatic rings. The Labute approximate surface area is 77.0 Å². The van der Waals surface area contributed by atoms with Gasteiger partial charge >= 0.3 is 0 Å². The smallest absolute Gasteiger partial charge is 0.150 e. The first-order valence-electron chi connectivity index (χ1n) is 4.02. The summed E-state index contributed by atoms with van der Waals surface area (Å²) in [5.41, 5.74) is 0.885. The lowest BCUT2D eigenvalue weighted by Gasteiger charge is -2.11. The van der Waals surface area contributed by atoms with E-state index in [0.717, 1.165) is 0 Å². The summed E-state index contributed by atoms with van der Waals surface area (Å²) in [6.45, 7) is 0.445. The molecule has 0 amide bonds. The number of rotatable bonds is 3. The third kappa shape index (κ3) is 2.36. The van der Waals surface area contributed by atoms with E-state index in [2.05, 4.69) is 0 Å². The quantitative estimate of drug-likeness (QED) is 0.661. The van der Waals surface area contributed by atoms with Crippen LogP contribution >= 0.6 is 0 Å². The van der Waals surface area contributed by atoms with E-state index in [1.807, 2.05) is 19.0 Å². The van der Waals surface area contributed by atoms with E-state index in [0.29, 0.717) is 24.0 Å². The lowest BCUT2D eigenvalue weighted by Crippen LogP contribution is -2.13. The molecule has 0 N–H and O–H groups in total. The van der Waals surface area contributed by atoms with Crippen molar-refractivity contribution in [2.24, 2.45) is 0 Å². The van der Waals surface area contributed by atoms with Gasteiger partial charge in [0.25, 0.3) is 0 Å². The zero-order valence-electron chi connectivity index (χ0n) is 7.75. The van der Waals surface area contributed by atoms with Crippen molar-refractivity contribution in [1.82, 2.24) is 4.90 Å². The minimum atomic E-state index is -0.321. The van der Waals surface area contributed by atoms with Crippen molar-refractivity contribution in [1.29, 1.82) is 0 Å². The largest absolute Gasteiger partial charge is 0.305 e. The highest BCUT2D eigenvalue weighted by Crippen LogP contribution is 2.13. The molecule has 0 aliphatic carbocycles. The molecule has 0 radical (unpaired) electrons. The zero-order valence-corrected chi connectivity index (χ0v) is 7.75. The zero-order chi connectivity index (χ0) is 9.84. The van der Waals surface area contributed by atoms with Gasteiger partial charge in [0.2, 0.25) is 0 Å². The summed E-state index contributed by atoms with van der Waals surface area (Å²) < 4.78 is 13.2. The fraction of sp³-hybridized carbons (Fsp3) is 0.300. The van der Waals surface area contributed by atoms with Gasteiger partial charge in [-0.3, -0.25) is 4.79 Å². The number of nitrogens with zero attached hydrogens (tertiary/aromatic N) is 1. The van der Waals surface area contributed by atoms with Crippen molar-refractivity contribution in [3.63, 3.8) is 0 Å². The molecule has 0 aliphatic heterocycles. The molecule has 3 heteroatoms. The van der Waals surface area contributed by atoms with Crippen LogP contribution in [0, 0.1) is 5.82 Å². The second kappa shape index (κ2) is 4.14. The van der Waals surface area contributed by atoms with Crippen molar-refractivity contribution < 1.29 is 9.18 Å². The van der Waals surface area contributed by atoms with E-state index >= 15 is 0 Å². The van der Waals surface area contributed by atoms with Crippen LogP contribution < -0.4 is 0 Å². The Morgan fingerprint density at radius 2 is 2.15 bits per heavy atom. The number of hydrogen-bond acceptors (Lipinski definition) is 2. The molecule has 70 valence electrons. The molecular weight excluding hydrogens is 169 g/mol. The normalized spacial score (nSPS) is 10.5. The molecule has 0 fully saturated rings. The summed E-state index contributed by atoms with van der Waals surface area (Å²) in [5, 5.41) is 0. The van der Waals surface area contributed by atoms with E-state index in [9.17, 15) is 9.18 Å². The summed E-state index contributed by atoms with van der Waals surface area (Å²) in [5.74, 6) is -0.321. The molecule has 0 saturated carbocycles. The van der Waals surface area contributed by atoms with Crippen LogP contribution in [-0.2, 0) is 6.54 Å². The van der Waals surface area contributed by atoms with Crippen molar-refractivity contribution in [3.8, 4) is 0 Å². The third-order valence-corrected chi connectivity index (χ3v) is 1.76. The standard InChI is InChI=1S/C10H12FNO/c1-12(2)6-9-8(7-13)4-3-5-10(9)11/h3-5,7H,6H2,1-2H3. The average molecular weight is 181 g/mol. The molecular formula is C10H12FNO. The maximum atomic E-state index is 13.2. The number of carbonyl (C=O) groups is 1. The molecule has 0 spiro atoms. The van der Waals surface area contributed by atoms with E-state index in [1.54, 1.807) is 6.07 Å². The molecule has 0 aromatic heterocycles. The fourth-order valence-electron chi connectivity index (χ4n) is 1.17. The molecule has 0 atom stereocenters. The minimum Gasteiger partial charge on any atom is -0.305 e. The van der Waals surface area contributed by atoms with E-state index < -0.39 is 0 Å². The monoisotopic (exact) mass is 181 g/mol. The summed E-state index contributed by atoms with van der Waals surface area (Å²) >= 11 is 0. The van der Waals surface area contributed by atoms with Crippen LogP contribution in [0.3, 0.4) is 0 Å². The number of benzene rings is 1. The first-order chi connectivity index (χ1) is 6.15. The predicted molar refractivity (Wildman–Crippen MR) is 49.2 cm³/mol. The van der Waals surface area contributed by atoms with Gasteiger partial charge in [-0.25, -0.2) is 4.39 Å². The van der Waals surface area contributed by atoms with Crippen LogP contribution in [0.1, 0.15) is 15.9 Å². The van der Waals surface area contributed by atoms with Gasteiger partial charge in [0, 0.05) is 17.7 Å². The van der Waals surface area contributed by atoms with E-state index in [-0.39, 0.29) is 5.82 Å². The number of carbonyl (C=O) groups excluding carboxylic acids is 1. The minimum absolute atomic E-state index is 0.321. The first-order valence-corrected chi connectivity index (χ1v) is 4.02. The Hall–Kier alpha value is -1.22. The van der Waals surface area contributed by atoms with Crippen LogP contribution in [0.2, 0.25) is 0 Å². The van der Waals surface area contributed by atoms with Gasteiger partial charge < -0.3 is 4.90 Å². The topological polar surface area (TPSA) is 20.3 Å². The van der Waals surface area contributed by atoms with Gasteiger partial charge in [0.1, 0.15) is 12.1 Å². The summed E-state index contributed by atoms with van der Waals surface area (Å²) in [7, 11) is 3.67. The molecule has 0 unspecified atom stereocenters. The molecule has 1 rings (SSSR count). The predicted octanol–water partition coefficient (Wildman–Crippen LogP) is 1.70. The maximum Gasteiger partial charge on any atom is 0.150 e. The summed E-state index contributed by atoms with van der Waals surface area (Å²) in [6.07, 6.45) is 0.682. The highest BCUT2D eigenvalue weighted by Gasteiger charge is 2.07. The van der Waals surface area contributed by atoms with Crippen LogP contribution in [0.5, 0.6) is 0 Å². The third-order valence-electron chi connectivity index (χ3n) is 1.76. The summed E-state index contributed by atoms with van der Waals surface area (Å²) in [4.78, 5) is 12.4. The van der Waals surface area contributed by atoms with E-state index in [1.165, 1.54) is 12.1 Å². The van der Waals surface area contributed by atoms with Gasteiger partial charge in [-0.2, -0.15) is 0 Å². The lowest BCUT2D eigenvalue weighted by molar-refractivity contribution is 0.112. The van der Waals surface area contributed by atoms with Crippen LogP contribution in [-0.4, -0.2) is 25.3 Å². The lowest BCUT2D eigenvalue weighted by atomic mass is 10.1. The van der Waals surface area contributed by atoms with Gasteiger partial charge in [0.05, 0.1) is 0 Å². The molecule has 0 heterocycles. The number of aldehydes is 1. The SMILES string of the molecule is CN(C)Cc1c(F)cccc1C=O. The fourth-order valence-corrected chi connectivity index (χ4v) is 1.17. The van der Waals surface area contributed by atoms with Gasteiger partial charge in [-0.15, -0.1) is 0 Å². The van der Waals surface area contributed by atoms with Crippen molar-refractivity contribution >= 4 is 6.29 Å². The van der Waals surface area contributed by atoms with Crippen LogP contribution in [0.4, 0.5) is 4.39 Å². The second-order valence-electron chi connectivity index (χ2n) is 3.16. The first kappa shape index (κ1) is 9.86. The highest BCUT2D eigenvalue weighted by molar-refractivity contribution is 5.77. The molecule has 1 aromatic carbocycles. The van der Waals surface area contributed by atoms with Gasteiger partial charge in [0.15, 0.2) is 0 Å². The molecule has 0 bridgehead atoms. The number of halogens is 1. The number of hydrogen-bond donors (Lipinski definition) is 0. The second-order valence-corrected chi connectivity index (χ2v) is 3.16. The van der Waals surface area contributed by atoms with Crippen LogP contribution in [0.15, 0.2) is 18.2 Å². The highest BCUT2D eigenvalue weighted by atomic mass is 19.1. The Bertz CT molecular complexity index is 310. The van der Waals surface area contributed by atoms with Crippen molar-refractivity contribution in [2.45, 2.75) is 6.54 Å². The average Bonchev–Trinajstić information content (AvgIpc) is 2.08. The van der Waals surface area contributed by atoms with E-state index in [4.69, 9.17) is 0 Å². The van der Waals surface area contributed by atoms with Crippen molar-refractivity contribution in [2.75, 3.05) is 14.1 Å².